The van der Waals surface area contributed by atoms with Crippen LogP contribution in [0.1, 0.15) is 88.4 Å². The van der Waals surface area contributed by atoms with E-state index in [1.54, 1.807) is 0 Å². The lowest BCUT2D eigenvalue weighted by molar-refractivity contribution is -0.140. The summed E-state index contributed by atoms with van der Waals surface area (Å²) in [7, 11) is 1.37. The minimum atomic E-state index is -0.622. The Balaban J connectivity index is 2.45. The number of hydrogen-bond donors (Lipinski definition) is 2. The van der Waals surface area contributed by atoms with Crippen LogP contribution in [0.5, 0.6) is 0 Å². The smallest absolute Gasteiger partial charge is 0.305 e. The van der Waals surface area contributed by atoms with E-state index in [1.165, 1.54) is 39.2 Å². The Bertz CT molecular complexity index is 621. The summed E-state index contributed by atoms with van der Waals surface area (Å²) in [5, 5.41) is 20.5. The van der Waals surface area contributed by atoms with Gasteiger partial charge in [-0.3, -0.25) is 4.79 Å². The van der Waals surface area contributed by atoms with Crippen LogP contribution in [0, 0.1) is 0 Å². The maximum absolute atomic E-state index is 11.2. The van der Waals surface area contributed by atoms with E-state index in [9.17, 15) is 15.0 Å². The first-order valence-corrected chi connectivity index (χ1v) is 10.9. The molecule has 0 aromatic heterocycles. The third-order valence-corrected chi connectivity index (χ3v) is 5.01. The van der Waals surface area contributed by atoms with Gasteiger partial charge in [0.25, 0.3) is 0 Å². The van der Waals surface area contributed by atoms with Crippen molar-refractivity contribution in [1.82, 2.24) is 0 Å². The van der Waals surface area contributed by atoms with Gasteiger partial charge >= 0.3 is 5.97 Å². The quantitative estimate of drug-likeness (QED) is 0.223. The van der Waals surface area contributed by atoms with Crippen LogP contribution in [0.15, 0.2) is 42.5 Å². The van der Waals surface area contributed by atoms with Crippen molar-refractivity contribution < 1.29 is 19.7 Å². The summed E-state index contributed by atoms with van der Waals surface area (Å²) in [6, 6.07) is 7.69. The van der Waals surface area contributed by atoms with E-state index in [4.69, 9.17) is 0 Å². The Morgan fingerprint density at radius 3 is 2.48 bits per heavy atom. The van der Waals surface area contributed by atoms with E-state index >= 15 is 0 Å². The molecule has 2 atom stereocenters. The monoisotopic (exact) mass is 402 g/mol. The van der Waals surface area contributed by atoms with Crippen LogP contribution < -0.4 is 0 Å². The average Bonchev–Trinajstić information content (AvgIpc) is 2.73. The molecule has 4 nitrogen and oxygen atoms in total. The predicted octanol–water partition coefficient (Wildman–Crippen LogP) is 5.74. The summed E-state index contributed by atoms with van der Waals surface area (Å²) < 4.78 is 4.63. The fourth-order valence-electron chi connectivity index (χ4n) is 3.25. The van der Waals surface area contributed by atoms with Gasteiger partial charge in [0.2, 0.25) is 0 Å². The minimum Gasteiger partial charge on any atom is -0.469 e. The highest BCUT2D eigenvalue weighted by atomic mass is 16.5. The van der Waals surface area contributed by atoms with Crippen LogP contribution >= 0.6 is 0 Å². The van der Waals surface area contributed by atoms with Crippen molar-refractivity contribution in [3.63, 3.8) is 0 Å². The summed E-state index contributed by atoms with van der Waals surface area (Å²) in [6.45, 7) is 2.21. The molecule has 0 fully saturated rings. The number of ether oxygens (including phenoxy) is 1. The summed E-state index contributed by atoms with van der Waals surface area (Å²) in [5.41, 5.74) is 1.78. The van der Waals surface area contributed by atoms with Crippen LogP contribution in [0.2, 0.25) is 0 Å². The molecule has 1 aromatic rings. The van der Waals surface area contributed by atoms with Crippen LogP contribution in [0.3, 0.4) is 0 Å². The number of hydrogen-bond acceptors (Lipinski definition) is 4. The van der Waals surface area contributed by atoms with Crippen LogP contribution in [0.25, 0.3) is 6.08 Å². The lowest BCUT2D eigenvalue weighted by atomic mass is 9.98. The van der Waals surface area contributed by atoms with Crippen molar-refractivity contribution in [3.05, 3.63) is 53.6 Å². The second kappa shape index (κ2) is 15.9. The van der Waals surface area contributed by atoms with Crippen molar-refractivity contribution in [2.24, 2.45) is 0 Å². The molecule has 2 N–H and O–H groups in total. The van der Waals surface area contributed by atoms with Gasteiger partial charge in [0.05, 0.1) is 19.3 Å². The number of aliphatic hydroxyl groups excluding tert-OH is 2. The largest absolute Gasteiger partial charge is 0.469 e. The van der Waals surface area contributed by atoms with E-state index in [0.717, 1.165) is 24.0 Å². The van der Waals surface area contributed by atoms with Gasteiger partial charge in [-0.25, -0.2) is 0 Å². The van der Waals surface area contributed by atoms with E-state index in [1.807, 2.05) is 48.6 Å². The summed E-state index contributed by atoms with van der Waals surface area (Å²) >= 11 is 0. The maximum Gasteiger partial charge on any atom is 0.305 e. The Morgan fingerprint density at radius 2 is 1.72 bits per heavy atom. The van der Waals surface area contributed by atoms with Gasteiger partial charge in [0, 0.05) is 6.42 Å². The standard InChI is InChI=1S/C25H38O4/c1-3-4-5-6-7-8-16-22(26)17-11-9-14-21-15-10-12-18-23(21)24(27)19-13-20-25(28)29-2/h9-12,14-15,17-18,22,24,26-27H,3-8,13,16,19-20H2,1-2H3. The van der Waals surface area contributed by atoms with Gasteiger partial charge in [-0.05, 0) is 30.4 Å². The second-order valence-corrected chi connectivity index (χ2v) is 7.48. The predicted molar refractivity (Wildman–Crippen MR) is 119 cm³/mol. The summed E-state index contributed by atoms with van der Waals surface area (Å²) in [5.74, 6) is -0.255. The molecule has 29 heavy (non-hydrogen) atoms. The van der Waals surface area contributed by atoms with Gasteiger partial charge in [0.1, 0.15) is 0 Å². The maximum atomic E-state index is 11.2. The van der Waals surface area contributed by atoms with Gasteiger partial charge < -0.3 is 14.9 Å². The SMILES string of the molecule is CCCCCCCCC(O)C=CC=Cc1ccccc1C(O)CCCC(=O)OC. The van der Waals surface area contributed by atoms with Gasteiger partial charge in [0.15, 0.2) is 0 Å². The molecule has 0 saturated heterocycles. The normalized spacial score (nSPS) is 13.8. The Kier molecular flexibility index (Phi) is 13.8. The van der Waals surface area contributed by atoms with Crippen LogP contribution in [-0.2, 0) is 9.53 Å². The molecule has 0 heterocycles. The van der Waals surface area contributed by atoms with E-state index in [0.29, 0.717) is 19.3 Å². The molecule has 0 radical (unpaired) electrons. The fraction of sp³-hybridized carbons (Fsp3) is 0.560. The molecule has 0 amide bonds. The van der Waals surface area contributed by atoms with E-state index < -0.39 is 12.2 Å². The molecule has 2 unspecified atom stereocenters. The number of esters is 1. The van der Waals surface area contributed by atoms with Crippen LogP contribution in [-0.4, -0.2) is 29.4 Å². The van der Waals surface area contributed by atoms with Crippen molar-refractivity contribution in [3.8, 4) is 0 Å². The highest BCUT2D eigenvalue weighted by Crippen LogP contribution is 2.24. The van der Waals surface area contributed by atoms with Crippen molar-refractivity contribution in [2.45, 2.75) is 83.3 Å². The average molecular weight is 403 g/mol. The Hall–Kier alpha value is -1.91. The second-order valence-electron chi connectivity index (χ2n) is 7.48. The van der Waals surface area contributed by atoms with Gasteiger partial charge in [-0.2, -0.15) is 0 Å². The first-order chi connectivity index (χ1) is 14.1. The molecule has 0 saturated carbocycles. The highest BCUT2D eigenvalue weighted by molar-refractivity contribution is 5.69. The fourth-order valence-corrected chi connectivity index (χ4v) is 3.25. The number of carbonyl (C=O) groups is 1. The number of aliphatic hydroxyl groups is 2. The molecule has 0 spiro atoms. The number of benzene rings is 1. The number of unbranched alkanes of at least 4 members (excludes halogenated alkanes) is 5. The summed E-state index contributed by atoms with van der Waals surface area (Å²) in [4.78, 5) is 11.2. The van der Waals surface area contributed by atoms with E-state index in [-0.39, 0.29) is 5.97 Å². The molecular weight excluding hydrogens is 364 g/mol. The molecule has 4 heteroatoms. The molecule has 0 aliphatic carbocycles. The van der Waals surface area contributed by atoms with Crippen molar-refractivity contribution in [1.29, 1.82) is 0 Å². The zero-order valence-electron chi connectivity index (χ0n) is 18.1. The topological polar surface area (TPSA) is 66.8 Å². The lowest BCUT2D eigenvalue weighted by Crippen LogP contribution is -2.04. The first kappa shape index (κ1) is 25.1. The van der Waals surface area contributed by atoms with Gasteiger partial charge in [-0.15, -0.1) is 0 Å². The van der Waals surface area contributed by atoms with Gasteiger partial charge in [-0.1, -0.05) is 94.0 Å². The molecule has 0 aliphatic heterocycles. The molecule has 0 bridgehead atoms. The van der Waals surface area contributed by atoms with Crippen molar-refractivity contribution in [2.75, 3.05) is 7.11 Å². The zero-order chi connectivity index (χ0) is 21.3. The zero-order valence-corrected chi connectivity index (χ0v) is 18.1. The number of rotatable bonds is 15. The molecule has 0 aliphatic rings. The van der Waals surface area contributed by atoms with Crippen LogP contribution in [0.4, 0.5) is 0 Å². The Labute approximate surface area is 176 Å². The molecular formula is C25H38O4. The third kappa shape index (κ3) is 11.6. The van der Waals surface area contributed by atoms with Crippen molar-refractivity contribution >= 4 is 12.0 Å². The molecule has 162 valence electrons. The number of allylic oxidation sites excluding steroid dienone is 2. The summed E-state index contributed by atoms with van der Waals surface area (Å²) in [6.07, 6.45) is 16.0. The number of carbonyl (C=O) groups excluding carboxylic acids is 1. The third-order valence-electron chi connectivity index (χ3n) is 5.01. The molecule has 1 rings (SSSR count). The molecule has 1 aromatic carbocycles. The minimum absolute atomic E-state index is 0.255. The van der Waals surface area contributed by atoms with E-state index in [2.05, 4.69) is 11.7 Å². The Morgan fingerprint density at radius 1 is 1.00 bits per heavy atom. The first-order valence-electron chi connectivity index (χ1n) is 10.9. The number of methoxy groups -OCH3 is 1. The lowest BCUT2D eigenvalue weighted by Gasteiger charge is -2.13. The highest BCUT2D eigenvalue weighted by Gasteiger charge is 2.11.